The van der Waals surface area contributed by atoms with Crippen LogP contribution in [0.4, 0.5) is 10.1 Å². The van der Waals surface area contributed by atoms with Crippen LogP contribution in [0.15, 0.2) is 48.5 Å². The van der Waals surface area contributed by atoms with Crippen molar-refractivity contribution < 1.29 is 23.5 Å². The van der Waals surface area contributed by atoms with Crippen molar-refractivity contribution in [2.45, 2.75) is 31.9 Å². The lowest BCUT2D eigenvalue weighted by Crippen LogP contribution is -2.38. The van der Waals surface area contributed by atoms with Crippen molar-refractivity contribution in [2.24, 2.45) is 0 Å². The molecule has 2 atom stereocenters. The van der Waals surface area contributed by atoms with Gasteiger partial charge >= 0.3 is 0 Å². The maximum atomic E-state index is 12.9. The number of hydrogen-bond acceptors (Lipinski definition) is 4. The summed E-state index contributed by atoms with van der Waals surface area (Å²) in [5, 5.41) is 5.69. The second-order valence-corrected chi connectivity index (χ2v) is 6.69. The number of benzene rings is 2. The summed E-state index contributed by atoms with van der Waals surface area (Å²) in [5.41, 5.74) is 1.64. The highest BCUT2D eigenvalue weighted by molar-refractivity contribution is 5.91. The van der Waals surface area contributed by atoms with Crippen LogP contribution in [0, 0.1) is 5.82 Å². The molecule has 2 aromatic carbocycles. The predicted octanol–water partition coefficient (Wildman–Crippen LogP) is 3.20. The number of rotatable bonds is 6. The van der Waals surface area contributed by atoms with Crippen LogP contribution in [0.25, 0.3) is 0 Å². The quantitative estimate of drug-likeness (QED) is 0.799. The summed E-state index contributed by atoms with van der Waals surface area (Å²) in [6, 6.07) is 13.0. The van der Waals surface area contributed by atoms with Gasteiger partial charge in [0.15, 0.2) is 6.61 Å². The molecule has 2 aromatic rings. The Bertz CT molecular complexity index is 808. The molecule has 6 nitrogen and oxygen atoms in total. The second-order valence-electron chi connectivity index (χ2n) is 6.69. The fourth-order valence-electron chi connectivity index (χ4n) is 3.11. The van der Waals surface area contributed by atoms with Crippen LogP contribution >= 0.6 is 0 Å². The Balaban J connectivity index is 1.50. The van der Waals surface area contributed by atoms with Crippen LogP contribution in [-0.4, -0.2) is 31.1 Å². The third-order valence-electron chi connectivity index (χ3n) is 4.44. The van der Waals surface area contributed by atoms with Gasteiger partial charge in [0.25, 0.3) is 5.91 Å². The SMILES string of the molecule is CC(=O)N[C@@H]1CCO[C@H](c2ccc(NC(=O)COc3ccc(F)cc3)cc2)C1. The van der Waals surface area contributed by atoms with Crippen LogP contribution in [0.5, 0.6) is 5.75 Å². The van der Waals surface area contributed by atoms with E-state index in [-0.39, 0.29) is 36.4 Å². The molecule has 1 aliphatic heterocycles. The first-order valence-electron chi connectivity index (χ1n) is 9.16. The first-order chi connectivity index (χ1) is 13.5. The molecule has 0 radical (unpaired) electrons. The molecule has 7 heteroatoms. The zero-order valence-electron chi connectivity index (χ0n) is 15.6. The van der Waals surface area contributed by atoms with Gasteiger partial charge in [0.05, 0.1) is 6.10 Å². The van der Waals surface area contributed by atoms with E-state index in [0.717, 1.165) is 18.4 Å². The van der Waals surface area contributed by atoms with Crippen LogP contribution in [0.3, 0.4) is 0 Å². The highest BCUT2D eigenvalue weighted by Gasteiger charge is 2.24. The van der Waals surface area contributed by atoms with E-state index in [1.807, 2.05) is 12.1 Å². The summed E-state index contributed by atoms with van der Waals surface area (Å²) >= 11 is 0. The number of carbonyl (C=O) groups is 2. The van der Waals surface area contributed by atoms with Gasteiger partial charge in [0, 0.05) is 25.3 Å². The van der Waals surface area contributed by atoms with E-state index >= 15 is 0 Å². The summed E-state index contributed by atoms with van der Waals surface area (Å²) in [7, 11) is 0. The molecular formula is C21H23FN2O4. The van der Waals surface area contributed by atoms with Crippen molar-refractivity contribution >= 4 is 17.5 Å². The smallest absolute Gasteiger partial charge is 0.262 e. The first-order valence-corrected chi connectivity index (χ1v) is 9.16. The summed E-state index contributed by atoms with van der Waals surface area (Å²) < 4.78 is 24.0. The lowest BCUT2D eigenvalue weighted by molar-refractivity contribution is -0.121. The minimum atomic E-state index is -0.359. The van der Waals surface area contributed by atoms with Crippen molar-refractivity contribution in [1.29, 1.82) is 0 Å². The molecular weight excluding hydrogens is 363 g/mol. The molecule has 0 bridgehead atoms. The number of carbonyl (C=O) groups excluding carboxylic acids is 2. The number of halogens is 1. The van der Waals surface area contributed by atoms with E-state index in [1.54, 1.807) is 12.1 Å². The monoisotopic (exact) mass is 386 g/mol. The summed E-state index contributed by atoms with van der Waals surface area (Å²) in [5.74, 6) is -0.277. The lowest BCUT2D eigenvalue weighted by Gasteiger charge is -2.30. The number of ether oxygens (including phenoxy) is 2. The van der Waals surface area contributed by atoms with Gasteiger partial charge in [-0.1, -0.05) is 12.1 Å². The van der Waals surface area contributed by atoms with E-state index < -0.39 is 0 Å². The van der Waals surface area contributed by atoms with Crippen molar-refractivity contribution in [2.75, 3.05) is 18.5 Å². The predicted molar refractivity (Wildman–Crippen MR) is 102 cm³/mol. The van der Waals surface area contributed by atoms with Gasteiger partial charge in [-0.25, -0.2) is 4.39 Å². The molecule has 3 rings (SSSR count). The minimum Gasteiger partial charge on any atom is -0.484 e. The molecule has 28 heavy (non-hydrogen) atoms. The summed E-state index contributed by atoms with van der Waals surface area (Å²) in [4.78, 5) is 23.3. The Morgan fingerprint density at radius 3 is 2.54 bits per heavy atom. The van der Waals surface area contributed by atoms with E-state index in [4.69, 9.17) is 9.47 Å². The van der Waals surface area contributed by atoms with Crippen molar-refractivity contribution in [1.82, 2.24) is 5.32 Å². The molecule has 1 saturated heterocycles. The number of amides is 2. The molecule has 148 valence electrons. The lowest BCUT2D eigenvalue weighted by atomic mass is 9.97. The fraction of sp³-hybridized carbons (Fsp3) is 0.333. The standard InChI is InChI=1S/C21H23FN2O4/c1-14(25)23-18-10-11-27-20(12-18)15-2-6-17(7-3-15)24-21(26)13-28-19-8-4-16(22)5-9-19/h2-9,18,20H,10-13H2,1H3,(H,23,25)(H,24,26)/t18-,20+/m1/s1. The van der Waals surface area contributed by atoms with Crippen LogP contribution in [0.2, 0.25) is 0 Å². The third-order valence-corrected chi connectivity index (χ3v) is 4.44. The number of anilines is 1. The first kappa shape index (κ1) is 19.8. The average molecular weight is 386 g/mol. The Labute approximate surface area is 163 Å². The molecule has 0 aliphatic carbocycles. The summed E-state index contributed by atoms with van der Waals surface area (Å²) in [6.07, 6.45) is 1.44. The van der Waals surface area contributed by atoms with Gasteiger partial charge in [-0.05, 0) is 54.8 Å². The largest absolute Gasteiger partial charge is 0.484 e. The van der Waals surface area contributed by atoms with Gasteiger partial charge < -0.3 is 20.1 Å². The zero-order chi connectivity index (χ0) is 19.9. The zero-order valence-corrected chi connectivity index (χ0v) is 15.6. The van der Waals surface area contributed by atoms with Crippen LogP contribution in [-0.2, 0) is 14.3 Å². The molecule has 1 heterocycles. The van der Waals surface area contributed by atoms with Crippen molar-refractivity contribution in [3.05, 3.63) is 59.9 Å². The second kappa shape index (κ2) is 9.32. The van der Waals surface area contributed by atoms with Crippen LogP contribution in [0.1, 0.15) is 31.4 Å². The normalized spacial score (nSPS) is 18.9. The average Bonchev–Trinajstić information content (AvgIpc) is 2.68. The van der Waals surface area contributed by atoms with E-state index in [2.05, 4.69) is 10.6 Å². The Morgan fingerprint density at radius 1 is 1.14 bits per heavy atom. The van der Waals surface area contributed by atoms with E-state index in [0.29, 0.717) is 18.0 Å². The topological polar surface area (TPSA) is 76.7 Å². The third kappa shape index (κ3) is 5.79. The fourth-order valence-corrected chi connectivity index (χ4v) is 3.11. The molecule has 2 N–H and O–H groups in total. The van der Waals surface area contributed by atoms with Gasteiger partial charge in [0.1, 0.15) is 11.6 Å². The number of nitrogens with one attached hydrogen (secondary N) is 2. The van der Waals surface area contributed by atoms with Gasteiger partial charge in [0.2, 0.25) is 5.91 Å². The van der Waals surface area contributed by atoms with Gasteiger partial charge in [-0.3, -0.25) is 9.59 Å². The maximum Gasteiger partial charge on any atom is 0.262 e. The molecule has 1 aliphatic rings. The van der Waals surface area contributed by atoms with Crippen LogP contribution < -0.4 is 15.4 Å². The maximum absolute atomic E-state index is 12.9. The van der Waals surface area contributed by atoms with E-state index in [1.165, 1.54) is 31.2 Å². The Morgan fingerprint density at radius 2 is 1.86 bits per heavy atom. The minimum absolute atomic E-state index is 0.0356. The Hall–Kier alpha value is -2.93. The molecule has 1 fully saturated rings. The molecule has 2 amide bonds. The summed E-state index contributed by atoms with van der Waals surface area (Å²) in [6.45, 7) is 1.94. The number of hydrogen-bond donors (Lipinski definition) is 2. The molecule has 0 unspecified atom stereocenters. The van der Waals surface area contributed by atoms with E-state index in [9.17, 15) is 14.0 Å². The highest BCUT2D eigenvalue weighted by Crippen LogP contribution is 2.29. The van der Waals surface area contributed by atoms with Gasteiger partial charge in [-0.15, -0.1) is 0 Å². The molecule has 0 aromatic heterocycles. The van der Waals surface area contributed by atoms with Crippen molar-refractivity contribution in [3.63, 3.8) is 0 Å². The molecule has 0 spiro atoms. The van der Waals surface area contributed by atoms with Gasteiger partial charge in [-0.2, -0.15) is 0 Å². The van der Waals surface area contributed by atoms with Crippen molar-refractivity contribution in [3.8, 4) is 5.75 Å². The molecule has 0 saturated carbocycles. The Kier molecular flexibility index (Phi) is 6.60. The highest BCUT2D eigenvalue weighted by atomic mass is 19.1.